The smallest absolute Gasteiger partial charge is 0.177 e. The number of benzene rings is 1. The first-order chi connectivity index (χ1) is 6.15. The molecule has 1 atom stereocenters. The molecular formula is C9H7Br2ClO. The first kappa shape index (κ1) is 11.2. The summed E-state index contributed by atoms with van der Waals surface area (Å²) in [6, 6.07) is 6.87. The standard InChI is InChI=1S/C9H7Br2ClO/c10-5-8(11)9(13)6-1-3-7(12)4-2-6/h1-4,8H,5H2. The molecule has 0 saturated carbocycles. The van der Waals surface area contributed by atoms with Gasteiger partial charge in [0.1, 0.15) is 0 Å². The minimum absolute atomic E-state index is 0.0635. The summed E-state index contributed by atoms with van der Waals surface area (Å²) in [5.41, 5.74) is 0.672. The first-order valence-corrected chi connectivity index (χ1v) is 6.06. The number of rotatable bonds is 3. The maximum absolute atomic E-state index is 11.6. The number of Topliss-reactive ketones (excluding diaryl/α,β-unsaturated/α-hetero) is 1. The summed E-state index contributed by atoms with van der Waals surface area (Å²) in [6.07, 6.45) is 0. The lowest BCUT2D eigenvalue weighted by Crippen LogP contribution is -2.15. The number of hydrogen-bond acceptors (Lipinski definition) is 1. The fourth-order valence-electron chi connectivity index (χ4n) is 0.865. The van der Waals surface area contributed by atoms with Gasteiger partial charge in [-0.15, -0.1) is 0 Å². The van der Waals surface area contributed by atoms with Crippen LogP contribution in [0.3, 0.4) is 0 Å². The van der Waals surface area contributed by atoms with Crippen LogP contribution in [-0.4, -0.2) is 15.9 Å². The van der Waals surface area contributed by atoms with Crippen LogP contribution in [0.4, 0.5) is 0 Å². The molecule has 0 spiro atoms. The van der Waals surface area contributed by atoms with E-state index in [1.165, 1.54) is 0 Å². The quantitative estimate of drug-likeness (QED) is 0.612. The Morgan fingerprint density at radius 3 is 2.38 bits per heavy atom. The molecular weight excluding hydrogens is 319 g/mol. The zero-order valence-electron chi connectivity index (χ0n) is 6.64. The second kappa shape index (κ2) is 5.13. The topological polar surface area (TPSA) is 17.1 Å². The highest BCUT2D eigenvalue weighted by molar-refractivity contribution is 9.12. The van der Waals surface area contributed by atoms with Gasteiger partial charge in [-0.3, -0.25) is 4.79 Å². The highest BCUT2D eigenvalue weighted by Crippen LogP contribution is 2.15. The fraction of sp³-hybridized carbons (Fsp3) is 0.222. The monoisotopic (exact) mass is 324 g/mol. The molecule has 1 aromatic rings. The maximum atomic E-state index is 11.6. The second-order valence-electron chi connectivity index (χ2n) is 2.49. The van der Waals surface area contributed by atoms with Crippen molar-refractivity contribution in [2.24, 2.45) is 0 Å². The van der Waals surface area contributed by atoms with Crippen LogP contribution in [0.2, 0.25) is 5.02 Å². The molecule has 0 aliphatic carbocycles. The summed E-state index contributed by atoms with van der Waals surface area (Å²) in [5, 5.41) is 1.25. The number of hydrogen-bond donors (Lipinski definition) is 0. The number of carbonyl (C=O) groups is 1. The van der Waals surface area contributed by atoms with E-state index in [2.05, 4.69) is 31.9 Å². The minimum atomic E-state index is -0.173. The molecule has 0 N–H and O–H groups in total. The van der Waals surface area contributed by atoms with Crippen LogP contribution in [0.1, 0.15) is 10.4 Å². The summed E-state index contributed by atoms with van der Waals surface area (Å²) in [6.45, 7) is 0. The van der Waals surface area contributed by atoms with E-state index < -0.39 is 0 Å². The van der Waals surface area contributed by atoms with E-state index in [4.69, 9.17) is 11.6 Å². The Hall–Kier alpha value is 0.140. The summed E-state index contributed by atoms with van der Waals surface area (Å²) in [7, 11) is 0. The van der Waals surface area contributed by atoms with E-state index in [1.54, 1.807) is 24.3 Å². The molecule has 70 valence electrons. The van der Waals surface area contributed by atoms with Gasteiger partial charge in [-0.2, -0.15) is 0 Å². The van der Waals surface area contributed by atoms with Gasteiger partial charge < -0.3 is 0 Å². The summed E-state index contributed by atoms with van der Waals surface area (Å²) >= 11 is 12.2. The Labute approximate surface area is 98.7 Å². The van der Waals surface area contributed by atoms with Gasteiger partial charge in [0.15, 0.2) is 5.78 Å². The van der Waals surface area contributed by atoms with E-state index in [1.807, 2.05) is 0 Å². The average Bonchev–Trinajstić information content (AvgIpc) is 2.17. The van der Waals surface area contributed by atoms with Crippen molar-refractivity contribution in [2.45, 2.75) is 4.83 Å². The van der Waals surface area contributed by atoms with Gasteiger partial charge in [0, 0.05) is 15.9 Å². The number of alkyl halides is 2. The van der Waals surface area contributed by atoms with Crippen LogP contribution in [0, 0.1) is 0 Å². The van der Waals surface area contributed by atoms with Crippen LogP contribution < -0.4 is 0 Å². The van der Waals surface area contributed by atoms with Crippen molar-refractivity contribution in [2.75, 3.05) is 5.33 Å². The molecule has 4 heteroatoms. The van der Waals surface area contributed by atoms with Gasteiger partial charge in [0.05, 0.1) is 4.83 Å². The lowest BCUT2D eigenvalue weighted by atomic mass is 10.1. The zero-order valence-corrected chi connectivity index (χ0v) is 10.6. The summed E-state index contributed by atoms with van der Waals surface area (Å²) < 4.78 is 0. The molecule has 1 aromatic carbocycles. The van der Waals surface area contributed by atoms with Crippen LogP contribution in [0.15, 0.2) is 24.3 Å². The average molecular weight is 326 g/mol. The Kier molecular flexibility index (Phi) is 4.42. The zero-order chi connectivity index (χ0) is 9.84. The molecule has 13 heavy (non-hydrogen) atoms. The predicted molar refractivity (Wildman–Crippen MR) is 62.3 cm³/mol. The van der Waals surface area contributed by atoms with Crippen molar-refractivity contribution >= 4 is 49.2 Å². The van der Waals surface area contributed by atoms with Crippen LogP contribution in [0.5, 0.6) is 0 Å². The van der Waals surface area contributed by atoms with E-state index in [9.17, 15) is 4.79 Å². The van der Waals surface area contributed by atoms with Gasteiger partial charge in [-0.1, -0.05) is 43.5 Å². The molecule has 1 nitrogen and oxygen atoms in total. The lowest BCUT2D eigenvalue weighted by Gasteiger charge is -2.04. The molecule has 0 radical (unpaired) electrons. The van der Waals surface area contributed by atoms with E-state index in [0.29, 0.717) is 15.9 Å². The third-order valence-corrected chi connectivity index (χ3v) is 4.06. The molecule has 0 aromatic heterocycles. The summed E-state index contributed by atoms with van der Waals surface area (Å²) in [5.74, 6) is 0.0635. The van der Waals surface area contributed by atoms with Gasteiger partial charge in [-0.05, 0) is 24.3 Å². The normalized spacial score (nSPS) is 12.5. The van der Waals surface area contributed by atoms with Crippen molar-refractivity contribution < 1.29 is 4.79 Å². The van der Waals surface area contributed by atoms with Crippen LogP contribution >= 0.6 is 43.5 Å². The highest BCUT2D eigenvalue weighted by atomic mass is 79.9. The number of ketones is 1. The molecule has 0 bridgehead atoms. The lowest BCUT2D eigenvalue weighted by molar-refractivity contribution is 0.0997. The minimum Gasteiger partial charge on any atom is -0.293 e. The molecule has 0 saturated heterocycles. The van der Waals surface area contributed by atoms with Crippen LogP contribution in [0.25, 0.3) is 0 Å². The maximum Gasteiger partial charge on any atom is 0.177 e. The van der Waals surface area contributed by atoms with Crippen molar-refractivity contribution in [1.29, 1.82) is 0 Å². The number of carbonyl (C=O) groups excluding carboxylic acids is 1. The molecule has 0 aliphatic rings. The molecule has 1 rings (SSSR count). The highest BCUT2D eigenvalue weighted by Gasteiger charge is 2.14. The van der Waals surface area contributed by atoms with E-state index in [-0.39, 0.29) is 10.6 Å². The molecule has 0 fully saturated rings. The van der Waals surface area contributed by atoms with Crippen LogP contribution in [-0.2, 0) is 0 Å². The second-order valence-corrected chi connectivity index (χ2v) is 4.68. The molecule has 0 heterocycles. The Balaban J connectivity index is 2.83. The molecule has 0 aliphatic heterocycles. The van der Waals surface area contributed by atoms with Gasteiger partial charge in [-0.25, -0.2) is 0 Å². The van der Waals surface area contributed by atoms with E-state index >= 15 is 0 Å². The van der Waals surface area contributed by atoms with Crippen molar-refractivity contribution in [1.82, 2.24) is 0 Å². The van der Waals surface area contributed by atoms with Crippen molar-refractivity contribution in [3.63, 3.8) is 0 Å². The third kappa shape index (κ3) is 3.08. The largest absolute Gasteiger partial charge is 0.293 e. The number of halogens is 3. The van der Waals surface area contributed by atoms with Gasteiger partial charge >= 0.3 is 0 Å². The van der Waals surface area contributed by atoms with Gasteiger partial charge in [0.25, 0.3) is 0 Å². The predicted octanol–water partition coefficient (Wildman–Crippen LogP) is 3.68. The molecule has 0 amide bonds. The Morgan fingerprint density at radius 2 is 1.92 bits per heavy atom. The fourth-order valence-corrected chi connectivity index (χ4v) is 1.55. The third-order valence-electron chi connectivity index (χ3n) is 1.55. The Morgan fingerprint density at radius 1 is 1.38 bits per heavy atom. The van der Waals surface area contributed by atoms with Crippen molar-refractivity contribution in [3.05, 3.63) is 34.9 Å². The summed E-state index contributed by atoms with van der Waals surface area (Å²) in [4.78, 5) is 11.4. The molecule has 1 unspecified atom stereocenters. The van der Waals surface area contributed by atoms with Gasteiger partial charge in [0.2, 0.25) is 0 Å². The Bertz CT molecular complexity index is 297. The van der Waals surface area contributed by atoms with E-state index in [0.717, 1.165) is 0 Å². The first-order valence-electron chi connectivity index (χ1n) is 3.65. The SMILES string of the molecule is O=C(c1ccc(Cl)cc1)C(Br)CBr. The van der Waals surface area contributed by atoms with Crippen molar-refractivity contribution in [3.8, 4) is 0 Å².